The highest BCUT2D eigenvalue weighted by Crippen LogP contribution is 2.21. The molecule has 78 valence electrons. The third-order valence-corrected chi connectivity index (χ3v) is 2.11. The number of halogens is 1. The number of benzene rings is 1. The Kier molecular flexibility index (Phi) is 2.83. The van der Waals surface area contributed by atoms with Gasteiger partial charge in [-0.15, -0.1) is 0 Å². The second kappa shape index (κ2) is 4.28. The Hall–Kier alpha value is -1.61. The van der Waals surface area contributed by atoms with E-state index in [2.05, 4.69) is 0 Å². The standard InChI is InChI=1S/C12H12FNO/c13-10-4-5-12-9(7-10)8-11(15-12)3-1-2-6-14/h1,3-5,7-8H,2,6,14H2/b3-1+. The molecule has 0 radical (unpaired) electrons. The van der Waals surface area contributed by atoms with E-state index in [1.807, 2.05) is 18.2 Å². The first kappa shape index (κ1) is 9.93. The number of hydrogen-bond acceptors (Lipinski definition) is 2. The van der Waals surface area contributed by atoms with Gasteiger partial charge in [-0.05, 0) is 43.3 Å². The van der Waals surface area contributed by atoms with Crippen LogP contribution in [-0.4, -0.2) is 6.54 Å². The van der Waals surface area contributed by atoms with Crippen molar-refractivity contribution in [3.05, 3.63) is 41.9 Å². The lowest BCUT2D eigenvalue weighted by molar-refractivity contribution is 0.600. The van der Waals surface area contributed by atoms with Crippen LogP contribution in [0.1, 0.15) is 12.2 Å². The summed E-state index contributed by atoms with van der Waals surface area (Å²) in [4.78, 5) is 0. The fourth-order valence-corrected chi connectivity index (χ4v) is 1.41. The maximum atomic E-state index is 12.9. The monoisotopic (exact) mass is 205 g/mol. The zero-order valence-electron chi connectivity index (χ0n) is 8.24. The Morgan fingerprint density at radius 2 is 2.20 bits per heavy atom. The SMILES string of the molecule is NCC/C=C/c1cc2cc(F)ccc2o1. The summed E-state index contributed by atoms with van der Waals surface area (Å²) in [5.41, 5.74) is 6.05. The average molecular weight is 205 g/mol. The minimum absolute atomic E-state index is 0.249. The molecule has 2 nitrogen and oxygen atoms in total. The van der Waals surface area contributed by atoms with E-state index in [9.17, 15) is 4.39 Å². The first-order valence-electron chi connectivity index (χ1n) is 4.85. The van der Waals surface area contributed by atoms with E-state index in [0.29, 0.717) is 12.1 Å². The summed E-state index contributed by atoms with van der Waals surface area (Å²) >= 11 is 0. The van der Waals surface area contributed by atoms with Crippen LogP contribution < -0.4 is 5.73 Å². The highest BCUT2D eigenvalue weighted by Gasteiger charge is 2.01. The zero-order chi connectivity index (χ0) is 10.7. The number of furan rings is 1. The van der Waals surface area contributed by atoms with Crippen LogP contribution in [0.3, 0.4) is 0 Å². The van der Waals surface area contributed by atoms with Crippen LogP contribution in [0.25, 0.3) is 17.0 Å². The lowest BCUT2D eigenvalue weighted by Crippen LogP contribution is -1.94. The van der Waals surface area contributed by atoms with E-state index in [1.54, 1.807) is 6.07 Å². The summed E-state index contributed by atoms with van der Waals surface area (Å²) in [5.74, 6) is 0.477. The number of nitrogens with two attached hydrogens (primary N) is 1. The highest BCUT2D eigenvalue weighted by molar-refractivity contribution is 5.79. The predicted octanol–water partition coefficient (Wildman–Crippen LogP) is 2.93. The smallest absolute Gasteiger partial charge is 0.134 e. The summed E-state index contributed by atoms with van der Waals surface area (Å²) in [6.07, 6.45) is 4.60. The summed E-state index contributed by atoms with van der Waals surface area (Å²) in [6.45, 7) is 0.616. The fourth-order valence-electron chi connectivity index (χ4n) is 1.41. The van der Waals surface area contributed by atoms with Crippen LogP contribution in [0, 0.1) is 5.82 Å². The van der Waals surface area contributed by atoms with E-state index < -0.39 is 0 Å². The van der Waals surface area contributed by atoms with Gasteiger partial charge in [0.05, 0.1) is 0 Å². The summed E-state index contributed by atoms with van der Waals surface area (Å²) in [7, 11) is 0. The average Bonchev–Trinajstić information content (AvgIpc) is 2.60. The third kappa shape index (κ3) is 2.25. The van der Waals surface area contributed by atoms with Crippen molar-refractivity contribution >= 4 is 17.0 Å². The van der Waals surface area contributed by atoms with Gasteiger partial charge in [0.1, 0.15) is 17.2 Å². The van der Waals surface area contributed by atoms with E-state index in [4.69, 9.17) is 10.2 Å². The van der Waals surface area contributed by atoms with E-state index in [1.165, 1.54) is 12.1 Å². The first-order valence-corrected chi connectivity index (χ1v) is 4.85. The van der Waals surface area contributed by atoms with Crippen molar-refractivity contribution in [3.8, 4) is 0 Å². The quantitative estimate of drug-likeness (QED) is 0.836. The minimum Gasteiger partial charge on any atom is -0.457 e. The second-order valence-corrected chi connectivity index (χ2v) is 3.31. The topological polar surface area (TPSA) is 39.2 Å². The van der Waals surface area contributed by atoms with Crippen molar-refractivity contribution in [1.82, 2.24) is 0 Å². The molecule has 0 amide bonds. The summed E-state index contributed by atoms with van der Waals surface area (Å²) < 4.78 is 18.4. The van der Waals surface area contributed by atoms with Gasteiger partial charge in [0.25, 0.3) is 0 Å². The van der Waals surface area contributed by atoms with Gasteiger partial charge < -0.3 is 10.2 Å². The Morgan fingerprint density at radius 1 is 1.33 bits per heavy atom. The molecule has 0 saturated carbocycles. The molecule has 2 aromatic rings. The molecular formula is C12H12FNO. The molecule has 0 unspecified atom stereocenters. The lowest BCUT2D eigenvalue weighted by atomic mass is 10.2. The first-order chi connectivity index (χ1) is 7.29. The normalized spacial score (nSPS) is 11.6. The van der Waals surface area contributed by atoms with Gasteiger partial charge >= 0.3 is 0 Å². The van der Waals surface area contributed by atoms with Crippen LogP contribution in [0.2, 0.25) is 0 Å². The fraction of sp³-hybridized carbons (Fsp3) is 0.167. The molecule has 15 heavy (non-hydrogen) atoms. The van der Waals surface area contributed by atoms with Gasteiger partial charge in [0.2, 0.25) is 0 Å². The summed E-state index contributed by atoms with van der Waals surface area (Å²) in [6, 6.07) is 6.29. The second-order valence-electron chi connectivity index (χ2n) is 3.31. The molecule has 1 heterocycles. The van der Waals surface area contributed by atoms with Crippen molar-refractivity contribution in [1.29, 1.82) is 0 Å². The van der Waals surface area contributed by atoms with Gasteiger partial charge in [0, 0.05) is 5.39 Å². The minimum atomic E-state index is -0.249. The van der Waals surface area contributed by atoms with Gasteiger partial charge in [0.15, 0.2) is 0 Å². The van der Waals surface area contributed by atoms with Crippen LogP contribution in [0.5, 0.6) is 0 Å². The van der Waals surface area contributed by atoms with Gasteiger partial charge in [-0.2, -0.15) is 0 Å². The number of fused-ring (bicyclic) bond motifs is 1. The van der Waals surface area contributed by atoms with Gasteiger partial charge in [-0.1, -0.05) is 6.08 Å². The molecule has 0 fully saturated rings. The van der Waals surface area contributed by atoms with Crippen LogP contribution >= 0.6 is 0 Å². The van der Waals surface area contributed by atoms with Crippen molar-refractivity contribution in [2.75, 3.05) is 6.54 Å². The Balaban J connectivity index is 2.30. The molecule has 0 bridgehead atoms. The van der Waals surface area contributed by atoms with Crippen LogP contribution in [0.15, 0.2) is 34.8 Å². The Labute approximate surface area is 87.2 Å². The van der Waals surface area contributed by atoms with Crippen molar-refractivity contribution in [2.24, 2.45) is 5.73 Å². The molecule has 3 heteroatoms. The zero-order valence-corrected chi connectivity index (χ0v) is 8.24. The lowest BCUT2D eigenvalue weighted by Gasteiger charge is -1.86. The summed E-state index contributed by atoms with van der Waals surface area (Å²) in [5, 5.41) is 0.780. The Bertz CT molecular complexity index is 487. The molecule has 0 aliphatic rings. The molecule has 1 aromatic heterocycles. The van der Waals surface area contributed by atoms with Crippen LogP contribution in [0.4, 0.5) is 4.39 Å². The van der Waals surface area contributed by atoms with Crippen molar-refractivity contribution < 1.29 is 8.81 Å². The van der Waals surface area contributed by atoms with E-state index in [0.717, 1.165) is 17.6 Å². The maximum absolute atomic E-state index is 12.9. The Morgan fingerprint density at radius 3 is 3.00 bits per heavy atom. The molecule has 2 rings (SSSR count). The molecule has 1 aromatic carbocycles. The number of hydrogen-bond donors (Lipinski definition) is 1. The maximum Gasteiger partial charge on any atom is 0.134 e. The molecule has 0 spiro atoms. The van der Waals surface area contributed by atoms with Crippen LogP contribution in [-0.2, 0) is 0 Å². The molecule has 0 atom stereocenters. The molecule has 0 saturated heterocycles. The van der Waals surface area contributed by atoms with Gasteiger partial charge in [-0.3, -0.25) is 0 Å². The van der Waals surface area contributed by atoms with Gasteiger partial charge in [-0.25, -0.2) is 4.39 Å². The van der Waals surface area contributed by atoms with E-state index >= 15 is 0 Å². The molecule has 0 aliphatic heterocycles. The van der Waals surface area contributed by atoms with E-state index in [-0.39, 0.29) is 5.82 Å². The van der Waals surface area contributed by atoms with Crippen molar-refractivity contribution in [3.63, 3.8) is 0 Å². The third-order valence-electron chi connectivity index (χ3n) is 2.11. The predicted molar refractivity (Wildman–Crippen MR) is 58.9 cm³/mol. The highest BCUT2D eigenvalue weighted by atomic mass is 19.1. The molecule has 2 N–H and O–H groups in total. The molecular weight excluding hydrogens is 193 g/mol. The number of rotatable bonds is 3. The molecule has 0 aliphatic carbocycles. The largest absolute Gasteiger partial charge is 0.457 e. The van der Waals surface area contributed by atoms with Crippen molar-refractivity contribution in [2.45, 2.75) is 6.42 Å².